The zero-order valence-electron chi connectivity index (χ0n) is 11.4. The molecule has 0 bridgehead atoms. The van der Waals surface area contributed by atoms with Gasteiger partial charge in [-0.05, 0) is 28.1 Å². The van der Waals surface area contributed by atoms with Gasteiger partial charge in [-0.25, -0.2) is 9.37 Å². The summed E-state index contributed by atoms with van der Waals surface area (Å²) in [5, 5.41) is 0. The summed E-state index contributed by atoms with van der Waals surface area (Å²) in [5.41, 5.74) is 6.45. The van der Waals surface area contributed by atoms with Crippen molar-refractivity contribution in [2.75, 3.05) is 19.8 Å². The monoisotopic (exact) mass is 353 g/mol. The molecule has 21 heavy (non-hydrogen) atoms. The first-order valence-corrected chi connectivity index (χ1v) is 6.78. The predicted molar refractivity (Wildman–Crippen MR) is 80.8 cm³/mol. The number of halogens is 2. The van der Waals surface area contributed by atoms with Crippen molar-refractivity contribution in [2.24, 2.45) is 0 Å². The molecule has 1 heterocycles. The van der Waals surface area contributed by atoms with Crippen LogP contribution < -0.4 is 10.5 Å². The van der Waals surface area contributed by atoms with Crippen LogP contribution in [0, 0.1) is 5.82 Å². The van der Waals surface area contributed by atoms with Gasteiger partial charge in [-0.1, -0.05) is 0 Å². The van der Waals surface area contributed by atoms with Gasteiger partial charge in [0.15, 0.2) is 5.75 Å². The van der Waals surface area contributed by atoms with E-state index in [1.165, 1.54) is 29.3 Å². The maximum absolute atomic E-state index is 13.5. The fourth-order valence-corrected chi connectivity index (χ4v) is 1.93. The van der Waals surface area contributed by atoms with Crippen LogP contribution in [-0.4, -0.2) is 29.9 Å². The summed E-state index contributed by atoms with van der Waals surface area (Å²) in [6.07, 6.45) is 1.39. The summed E-state index contributed by atoms with van der Waals surface area (Å²) in [5.74, 6) is -0.268. The molecule has 0 saturated heterocycles. The summed E-state index contributed by atoms with van der Waals surface area (Å²) < 4.78 is 19.1. The number of carbonyl (C=O) groups excluding carboxylic acids is 1. The van der Waals surface area contributed by atoms with Gasteiger partial charge < -0.3 is 15.4 Å². The van der Waals surface area contributed by atoms with Crippen molar-refractivity contribution in [3.63, 3.8) is 0 Å². The molecule has 1 aromatic heterocycles. The van der Waals surface area contributed by atoms with E-state index >= 15 is 0 Å². The van der Waals surface area contributed by atoms with E-state index in [1.54, 1.807) is 20.2 Å². The van der Waals surface area contributed by atoms with Crippen LogP contribution in [-0.2, 0) is 0 Å². The first kappa shape index (κ1) is 15.2. The van der Waals surface area contributed by atoms with Crippen molar-refractivity contribution in [2.45, 2.75) is 0 Å². The van der Waals surface area contributed by atoms with Crippen LogP contribution >= 0.6 is 15.9 Å². The minimum absolute atomic E-state index is 0.162. The molecular weight excluding hydrogens is 341 g/mol. The Hall–Kier alpha value is -2.15. The molecule has 0 atom stereocenters. The highest BCUT2D eigenvalue weighted by atomic mass is 79.9. The lowest BCUT2D eigenvalue weighted by atomic mass is 10.2. The van der Waals surface area contributed by atoms with E-state index in [-0.39, 0.29) is 27.7 Å². The number of nitrogens with zero attached hydrogens (tertiary/aromatic N) is 2. The van der Waals surface area contributed by atoms with Gasteiger partial charge in [0.1, 0.15) is 5.82 Å². The second-order valence-corrected chi connectivity index (χ2v) is 5.35. The van der Waals surface area contributed by atoms with Crippen LogP contribution in [0.3, 0.4) is 0 Å². The molecule has 0 radical (unpaired) electrons. The van der Waals surface area contributed by atoms with Gasteiger partial charge in [-0.3, -0.25) is 4.79 Å². The third kappa shape index (κ3) is 3.49. The van der Waals surface area contributed by atoms with Gasteiger partial charge in [0.05, 0.1) is 15.7 Å². The minimum atomic E-state index is -0.487. The van der Waals surface area contributed by atoms with E-state index in [9.17, 15) is 9.18 Å². The second-order valence-electron chi connectivity index (χ2n) is 4.49. The first-order chi connectivity index (χ1) is 9.88. The topological polar surface area (TPSA) is 68.5 Å². The maximum Gasteiger partial charge on any atom is 0.254 e. The molecule has 2 N–H and O–H groups in total. The summed E-state index contributed by atoms with van der Waals surface area (Å²) in [4.78, 5) is 17.2. The number of aromatic nitrogens is 1. The molecule has 1 aromatic carbocycles. The van der Waals surface area contributed by atoms with Crippen LogP contribution in [0.5, 0.6) is 11.6 Å². The number of carbonyl (C=O) groups is 1. The lowest BCUT2D eigenvalue weighted by Crippen LogP contribution is -2.21. The third-order valence-corrected chi connectivity index (χ3v) is 3.26. The van der Waals surface area contributed by atoms with Crippen molar-refractivity contribution < 1.29 is 13.9 Å². The van der Waals surface area contributed by atoms with Crippen LogP contribution in [0.15, 0.2) is 34.9 Å². The Bertz CT molecular complexity index is 675. The Morgan fingerprint density at radius 1 is 1.38 bits per heavy atom. The van der Waals surface area contributed by atoms with Crippen LogP contribution in [0.2, 0.25) is 0 Å². The van der Waals surface area contributed by atoms with Gasteiger partial charge in [-0.2, -0.15) is 0 Å². The minimum Gasteiger partial charge on any atom is -0.437 e. The highest BCUT2D eigenvalue weighted by Gasteiger charge is 2.11. The molecule has 7 heteroatoms. The number of hydrogen-bond donors (Lipinski definition) is 1. The fourth-order valence-electron chi connectivity index (χ4n) is 1.57. The predicted octanol–water partition coefficient (Wildman–Crippen LogP) is 3.06. The van der Waals surface area contributed by atoms with Crippen LogP contribution in [0.4, 0.5) is 10.1 Å². The van der Waals surface area contributed by atoms with E-state index in [2.05, 4.69) is 20.9 Å². The fraction of sp³-hybridized carbons (Fsp3) is 0.143. The first-order valence-electron chi connectivity index (χ1n) is 5.98. The number of rotatable bonds is 3. The smallest absolute Gasteiger partial charge is 0.254 e. The summed E-state index contributed by atoms with van der Waals surface area (Å²) >= 11 is 3.04. The number of amides is 1. The molecule has 2 rings (SSSR count). The third-order valence-electron chi connectivity index (χ3n) is 2.66. The Morgan fingerprint density at radius 2 is 2.10 bits per heavy atom. The van der Waals surface area contributed by atoms with E-state index in [0.29, 0.717) is 5.56 Å². The molecule has 0 spiro atoms. The number of benzene rings is 1. The molecule has 5 nitrogen and oxygen atoms in total. The zero-order chi connectivity index (χ0) is 15.6. The van der Waals surface area contributed by atoms with E-state index in [1.807, 2.05) is 0 Å². The summed E-state index contributed by atoms with van der Waals surface area (Å²) in [7, 11) is 3.30. The van der Waals surface area contributed by atoms with E-state index < -0.39 is 5.82 Å². The van der Waals surface area contributed by atoms with Crippen molar-refractivity contribution >= 4 is 27.5 Å². The SMILES string of the molecule is CN(C)C(=O)c1ccc(Oc2cc(F)c(Br)cc2N)nc1. The Labute approximate surface area is 129 Å². The molecule has 0 aliphatic heterocycles. The molecule has 2 aromatic rings. The summed E-state index contributed by atoms with van der Waals surface area (Å²) in [6.45, 7) is 0. The standard InChI is InChI=1S/C14H13BrFN3O2/c1-19(2)14(20)8-3-4-13(18-7-8)21-12-6-10(16)9(15)5-11(12)17/h3-7H,17H2,1-2H3. The summed E-state index contributed by atoms with van der Waals surface area (Å²) in [6, 6.07) is 5.68. The molecule has 1 amide bonds. The van der Waals surface area contributed by atoms with Crippen molar-refractivity contribution in [3.05, 3.63) is 46.3 Å². The number of ether oxygens (including phenoxy) is 1. The number of hydrogen-bond acceptors (Lipinski definition) is 4. The number of pyridine rings is 1. The van der Waals surface area contributed by atoms with Gasteiger partial charge in [-0.15, -0.1) is 0 Å². The molecule has 0 aliphatic rings. The Balaban J connectivity index is 2.21. The van der Waals surface area contributed by atoms with E-state index in [0.717, 1.165) is 0 Å². The van der Waals surface area contributed by atoms with Gasteiger partial charge in [0, 0.05) is 32.4 Å². The average Bonchev–Trinajstić information content (AvgIpc) is 2.44. The quantitative estimate of drug-likeness (QED) is 0.861. The lowest BCUT2D eigenvalue weighted by Gasteiger charge is -2.11. The Kier molecular flexibility index (Phi) is 4.42. The number of anilines is 1. The second kappa shape index (κ2) is 6.09. The molecule has 0 aliphatic carbocycles. The van der Waals surface area contributed by atoms with Crippen molar-refractivity contribution in [1.29, 1.82) is 0 Å². The van der Waals surface area contributed by atoms with Crippen molar-refractivity contribution in [1.82, 2.24) is 9.88 Å². The van der Waals surface area contributed by atoms with Crippen LogP contribution in [0.1, 0.15) is 10.4 Å². The maximum atomic E-state index is 13.5. The van der Waals surface area contributed by atoms with Crippen LogP contribution in [0.25, 0.3) is 0 Å². The molecule has 0 saturated carbocycles. The molecule has 0 unspecified atom stereocenters. The zero-order valence-corrected chi connectivity index (χ0v) is 13.0. The largest absolute Gasteiger partial charge is 0.437 e. The van der Waals surface area contributed by atoms with E-state index in [4.69, 9.17) is 10.5 Å². The highest BCUT2D eigenvalue weighted by Crippen LogP contribution is 2.31. The van der Waals surface area contributed by atoms with Gasteiger partial charge in [0.2, 0.25) is 5.88 Å². The normalized spacial score (nSPS) is 10.3. The molecule has 0 fully saturated rings. The molecule has 110 valence electrons. The number of nitrogen functional groups attached to an aromatic ring is 1. The molecular formula is C14H13BrFN3O2. The van der Waals surface area contributed by atoms with Gasteiger partial charge in [0.25, 0.3) is 5.91 Å². The highest BCUT2D eigenvalue weighted by molar-refractivity contribution is 9.10. The van der Waals surface area contributed by atoms with Crippen molar-refractivity contribution in [3.8, 4) is 11.6 Å². The van der Waals surface area contributed by atoms with Gasteiger partial charge >= 0.3 is 0 Å². The lowest BCUT2D eigenvalue weighted by molar-refractivity contribution is 0.0827. The number of nitrogens with two attached hydrogens (primary N) is 1. The average molecular weight is 354 g/mol. The Morgan fingerprint density at radius 3 is 2.67 bits per heavy atom.